The summed E-state index contributed by atoms with van der Waals surface area (Å²) in [6.45, 7) is 1.97. The number of benzene rings is 3. The lowest BCUT2D eigenvalue weighted by Gasteiger charge is -2.18. The second-order valence-corrected chi connectivity index (χ2v) is 10.3. The van der Waals surface area contributed by atoms with E-state index in [1.807, 2.05) is 30.3 Å². The van der Waals surface area contributed by atoms with E-state index in [1.165, 1.54) is 41.7 Å². The maximum atomic E-state index is 13.1. The smallest absolute Gasteiger partial charge is 0.336 e. The second kappa shape index (κ2) is 9.42. The van der Waals surface area contributed by atoms with Crippen molar-refractivity contribution in [2.45, 2.75) is 18.4 Å². The fraction of sp³-hybridized carbons (Fsp3) is 0.120. The fourth-order valence-electron chi connectivity index (χ4n) is 3.55. The number of halogens is 1. The summed E-state index contributed by atoms with van der Waals surface area (Å²) >= 11 is 6.22. The molecular weight excluding hydrogens is 476 g/mol. The SMILES string of the molecule is Cc1cc(=O)oc2cc(NC(=O)c3cc(S(=O)(=O)N(C)Cc4ccccc4)ccc3Cl)ccc12. The van der Waals surface area contributed by atoms with Gasteiger partial charge in [0.25, 0.3) is 5.91 Å². The van der Waals surface area contributed by atoms with Crippen molar-refractivity contribution in [2.75, 3.05) is 12.4 Å². The lowest BCUT2D eigenvalue weighted by atomic mass is 10.1. The molecule has 0 fully saturated rings. The third-order valence-electron chi connectivity index (χ3n) is 5.35. The van der Waals surface area contributed by atoms with E-state index in [0.717, 1.165) is 16.5 Å². The van der Waals surface area contributed by atoms with Gasteiger partial charge in [-0.15, -0.1) is 0 Å². The summed E-state index contributed by atoms with van der Waals surface area (Å²) in [6, 6.07) is 19.5. The first-order chi connectivity index (χ1) is 16.1. The normalized spacial score (nSPS) is 11.6. The van der Waals surface area contributed by atoms with Crippen molar-refractivity contribution < 1.29 is 17.6 Å². The molecule has 0 radical (unpaired) electrons. The number of amides is 1. The van der Waals surface area contributed by atoms with Gasteiger partial charge in [0.1, 0.15) is 5.58 Å². The molecule has 0 bridgehead atoms. The predicted molar refractivity (Wildman–Crippen MR) is 132 cm³/mol. The van der Waals surface area contributed by atoms with E-state index in [0.29, 0.717) is 11.3 Å². The number of carbonyl (C=O) groups excluding carboxylic acids is 1. The van der Waals surface area contributed by atoms with Crippen LogP contribution in [0.3, 0.4) is 0 Å². The first kappa shape index (κ1) is 23.7. The number of sulfonamides is 1. The van der Waals surface area contributed by atoms with Crippen LogP contribution >= 0.6 is 11.6 Å². The molecule has 7 nitrogen and oxygen atoms in total. The summed E-state index contributed by atoms with van der Waals surface area (Å²) in [7, 11) is -2.40. The third kappa shape index (κ3) is 4.89. The zero-order chi connectivity index (χ0) is 24.5. The number of fused-ring (bicyclic) bond motifs is 1. The molecule has 0 unspecified atom stereocenters. The summed E-state index contributed by atoms with van der Waals surface area (Å²) in [5, 5.41) is 3.53. The minimum Gasteiger partial charge on any atom is -0.423 e. The Labute approximate surface area is 201 Å². The van der Waals surface area contributed by atoms with Crippen LogP contribution in [-0.4, -0.2) is 25.7 Å². The first-order valence-corrected chi connectivity index (χ1v) is 12.1. The van der Waals surface area contributed by atoms with Crippen LogP contribution in [0.15, 0.2) is 86.9 Å². The van der Waals surface area contributed by atoms with Gasteiger partial charge in [0.2, 0.25) is 10.0 Å². The Morgan fingerprint density at radius 3 is 2.50 bits per heavy atom. The summed E-state index contributed by atoms with van der Waals surface area (Å²) in [5.41, 5.74) is 1.80. The molecule has 4 aromatic rings. The highest BCUT2D eigenvalue weighted by Crippen LogP contribution is 2.26. The van der Waals surface area contributed by atoms with Crippen molar-refractivity contribution in [2.24, 2.45) is 0 Å². The number of anilines is 1. The van der Waals surface area contributed by atoms with Gasteiger partial charge in [0.15, 0.2) is 0 Å². The van der Waals surface area contributed by atoms with Gasteiger partial charge in [-0.2, -0.15) is 4.31 Å². The number of hydrogen-bond donors (Lipinski definition) is 1. The van der Waals surface area contributed by atoms with Crippen molar-refractivity contribution in [1.82, 2.24) is 4.31 Å². The van der Waals surface area contributed by atoms with Gasteiger partial charge >= 0.3 is 5.63 Å². The number of nitrogens with zero attached hydrogens (tertiary/aromatic N) is 1. The zero-order valence-electron chi connectivity index (χ0n) is 18.4. The highest BCUT2D eigenvalue weighted by molar-refractivity contribution is 7.89. The Bertz CT molecular complexity index is 1550. The molecule has 0 saturated heterocycles. The van der Waals surface area contributed by atoms with Gasteiger partial charge in [-0.25, -0.2) is 13.2 Å². The van der Waals surface area contributed by atoms with E-state index >= 15 is 0 Å². The largest absolute Gasteiger partial charge is 0.423 e. The van der Waals surface area contributed by atoms with E-state index in [-0.39, 0.29) is 22.0 Å². The van der Waals surface area contributed by atoms with Crippen LogP contribution in [0.1, 0.15) is 21.5 Å². The quantitative estimate of drug-likeness (QED) is 0.386. The van der Waals surface area contributed by atoms with Crippen LogP contribution in [0.5, 0.6) is 0 Å². The fourth-order valence-corrected chi connectivity index (χ4v) is 4.93. The molecule has 1 aromatic heterocycles. The van der Waals surface area contributed by atoms with Gasteiger partial charge in [0.05, 0.1) is 15.5 Å². The first-order valence-electron chi connectivity index (χ1n) is 10.3. The number of rotatable bonds is 6. The van der Waals surface area contributed by atoms with E-state index in [4.69, 9.17) is 16.0 Å². The van der Waals surface area contributed by atoms with Gasteiger partial charge in [-0.3, -0.25) is 4.79 Å². The van der Waals surface area contributed by atoms with Gasteiger partial charge in [-0.05, 0) is 48.4 Å². The molecule has 0 aliphatic rings. The van der Waals surface area contributed by atoms with Crippen LogP contribution in [0.2, 0.25) is 5.02 Å². The average Bonchev–Trinajstić information content (AvgIpc) is 2.79. The van der Waals surface area contributed by atoms with Crippen molar-refractivity contribution in [3.8, 4) is 0 Å². The van der Waals surface area contributed by atoms with E-state index in [9.17, 15) is 18.0 Å². The molecule has 1 N–H and O–H groups in total. The van der Waals surface area contributed by atoms with E-state index < -0.39 is 21.6 Å². The van der Waals surface area contributed by atoms with Crippen LogP contribution in [-0.2, 0) is 16.6 Å². The standard InChI is InChI=1S/C25H21ClN2O5S/c1-16-12-24(29)33-23-13-18(8-10-20(16)23)27-25(30)21-14-19(9-11-22(21)26)34(31,32)28(2)15-17-6-4-3-5-7-17/h3-14H,15H2,1-2H3,(H,27,30). The zero-order valence-corrected chi connectivity index (χ0v) is 20.0. The molecule has 0 saturated carbocycles. The van der Waals surface area contributed by atoms with E-state index in [2.05, 4.69) is 5.32 Å². The lowest BCUT2D eigenvalue weighted by molar-refractivity contribution is 0.102. The van der Waals surface area contributed by atoms with Gasteiger partial charge < -0.3 is 9.73 Å². The van der Waals surface area contributed by atoms with Crippen molar-refractivity contribution >= 4 is 44.2 Å². The molecule has 4 rings (SSSR count). The molecule has 34 heavy (non-hydrogen) atoms. The van der Waals surface area contributed by atoms with Crippen LogP contribution < -0.4 is 10.9 Å². The monoisotopic (exact) mass is 496 g/mol. The molecule has 3 aromatic carbocycles. The topological polar surface area (TPSA) is 96.7 Å². The predicted octanol–water partition coefficient (Wildman–Crippen LogP) is 4.83. The van der Waals surface area contributed by atoms with Crippen molar-refractivity contribution in [3.63, 3.8) is 0 Å². The number of aryl methyl sites for hydroxylation is 1. The van der Waals surface area contributed by atoms with Crippen LogP contribution in [0, 0.1) is 6.92 Å². The maximum absolute atomic E-state index is 13.1. The maximum Gasteiger partial charge on any atom is 0.336 e. The Kier molecular flexibility index (Phi) is 6.56. The Morgan fingerprint density at radius 1 is 1.03 bits per heavy atom. The minimum atomic E-state index is -3.88. The summed E-state index contributed by atoms with van der Waals surface area (Å²) < 4.78 is 32.6. The summed E-state index contributed by atoms with van der Waals surface area (Å²) in [4.78, 5) is 24.6. The highest BCUT2D eigenvalue weighted by Gasteiger charge is 2.23. The average molecular weight is 497 g/mol. The van der Waals surface area contributed by atoms with Gasteiger partial charge in [0, 0.05) is 36.8 Å². The molecule has 174 valence electrons. The molecule has 0 aliphatic heterocycles. The van der Waals surface area contributed by atoms with Crippen LogP contribution in [0.25, 0.3) is 11.0 Å². The third-order valence-corrected chi connectivity index (χ3v) is 7.48. The molecule has 1 amide bonds. The molecule has 0 spiro atoms. The molecule has 0 aliphatic carbocycles. The highest BCUT2D eigenvalue weighted by atomic mass is 35.5. The molecule has 0 atom stereocenters. The Balaban J connectivity index is 1.61. The Hall–Kier alpha value is -3.46. The molecule has 1 heterocycles. The Morgan fingerprint density at radius 2 is 1.76 bits per heavy atom. The second-order valence-electron chi connectivity index (χ2n) is 7.80. The van der Waals surface area contributed by atoms with Crippen LogP contribution in [0.4, 0.5) is 5.69 Å². The number of carbonyl (C=O) groups is 1. The summed E-state index contributed by atoms with van der Waals surface area (Å²) in [5.74, 6) is -0.595. The van der Waals surface area contributed by atoms with Gasteiger partial charge in [-0.1, -0.05) is 41.9 Å². The van der Waals surface area contributed by atoms with Crippen molar-refractivity contribution in [3.05, 3.63) is 105 Å². The minimum absolute atomic E-state index is 0.00152. The number of nitrogens with one attached hydrogen (secondary N) is 1. The molecule has 9 heteroatoms. The lowest BCUT2D eigenvalue weighted by Crippen LogP contribution is -2.27. The molecular formula is C25H21ClN2O5S. The van der Waals surface area contributed by atoms with E-state index in [1.54, 1.807) is 19.1 Å². The summed E-state index contributed by atoms with van der Waals surface area (Å²) in [6.07, 6.45) is 0. The number of hydrogen-bond acceptors (Lipinski definition) is 5. The van der Waals surface area contributed by atoms with Crippen molar-refractivity contribution in [1.29, 1.82) is 0 Å².